The predicted octanol–water partition coefficient (Wildman–Crippen LogP) is 4.24. The van der Waals surface area contributed by atoms with Crippen molar-refractivity contribution in [3.05, 3.63) is 45.1 Å². The Balaban J connectivity index is 1.90. The molecule has 4 rings (SSSR count). The number of furan rings is 1. The first-order valence-electron chi connectivity index (χ1n) is 9.63. The van der Waals surface area contributed by atoms with Gasteiger partial charge >= 0.3 is 0 Å². The van der Waals surface area contributed by atoms with Gasteiger partial charge in [-0.3, -0.25) is 4.79 Å². The molecule has 1 aliphatic heterocycles. The van der Waals surface area contributed by atoms with Crippen LogP contribution in [0.1, 0.15) is 44.6 Å². The Morgan fingerprint density at radius 2 is 2.20 bits per heavy atom. The summed E-state index contributed by atoms with van der Waals surface area (Å²) in [7, 11) is 1.80. The second-order valence-electron chi connectivity index (χ2n) is 7.72. The molecule has 6 nitrogen and oxygen atoms in total. The number of nitrogens with two attached hydrogens (primary N) is 1. The van der Waals surface area contributed by atoms with Gasteiger partial charge in [0.1, 0.15) is 23.7 Å². The normalized spacial score (nSPS) is 19.3. The summed E-state index contributed by atoms with van der Waals surface area (Å²) in [6, 6.07) is 3.27. The van der Waals surface area contributed by atoms with Crippen LogP contribution in [0.2, 0.25) is 0 Å². The molecule has 0 radical (unpaired) electrons. The zero-order chi connectivity index (χ0) is 21.6. The molecule has 1 unspecified atom stereocenters. The van der Waals surface area contributed by atoms with Gasteiger partial charge in [-0.25, -0.2) is 13.8 Å². The van der Waals surface area contributed by atoms with Gasteiger partial charge in [-0.15, -0.1) is 11.3 Å². The molecule has 9 heteroatoms. The van der Waals surface area contributed by atoms with Gasteiger partial charge in [0, 0.05) is 30.5 Å². The molecular weight excluding hydrogens is 412 g/mol. The summed E-state index contributed by atoms with van der Waals surface area (Å²) in [5.74, 6) is -4.22. The molecule has 0 saturated carbocycles. The zero-order valence-electron chi connectivity index (χ0n) is 17.0. The van der Waals surface area contributed by atoms with Crippen molar-refractivity contribution in [3.8, 4) is 5.75 Å². The predicted molar refractivity (Wildman–Crippen MR) is 110 cm³/mol. The topological polar surface area (TPSA) is 81.6 Å². The number of ether oxygens (including phenoxy) is 1. The number of fused-ring (bicyclic) bond motifs is 1. The van der Waals surface area contributed by atoms with E-state index in [4.69, 9.17) is 14.9 Å². The molecule has 3 heterocycles. The van der Waals surface area contributed by atoms with Crippen molar-refractivity contribution in [2.24, 2.45) is 5.73 Å². The average Bonchev–Trinajstić information content (AvgIpc) is 3.23. The zero-order valence-corrected chi connectivity index (χ0v) is 17.8. The highest BCUT2D eigenvalue weighted by atomic mass is 32.1. The lowest BCUT2D eigenvalue weighted by Gasteiger charge is -2.37. The first-order valence-corrected chi connectivity index (χ1v) is 10.5. The number of nitrogens with zero attached hydrogens (tertiary/aromatic N) is 2. The first kappa shape index (κ1) is 20.7. The lowest BCUT2D eigenvalue weighted by Crippen LogP contribution is -2.44. The van der Waals surface area contributed by atoms with E-state index < -0.39 is 17.7 Å². The molecule has 1 saturated heterocycles. The third kappa shape index (κ3) is 3.56. The molecule has 2 aromatic heterocycles. The minimum atomic E-state index is -2.96. The second kappa shape index (κ2) is 7.63. The summed E-state index contributed by atoms with van der Waals surface area (Å²) in [4.78, 5) is 19.1. The van der Waals surface area contributed by atoms with Gasteiger partial charge in [0.15, 0.2) is 0 Å². The number of halogens is 2. The fourth-order valence-corrected chi connectivity index (χ4v) is 4.73. The van der Waals surface area contributed by atoms with E-state index in [1.54, 1.807) is 31.6 Å². The third-order valence-electron chi connectivity index (χ3n) is 5.66. The molecule has 160 valence electrons. The minimum absolute atomic E-state index is 0.128. The number of alkyl halides is 2. The van der Waals surface area contributed by atoms with E-state index in [1.807, 2.05) is 11.8 Å². The maximum absolute atomic E-state index is 15.1. The number of hydrogen-bond donors (Lipinski definition) is 1. The van der Waals surface area contributed by atoms with Gasteiger partial charge in [0.25, 0.3) is 11.8 Å². The number of benzene rings is 1. The van der Waals surface area contributed by atoms with Gasteiger partial charge in [-0.05, 0) is 33.0 Å². The van der Waals surface area contributed by atoms with E-state index in [9.17, 15) is 4.79 Å². The van der Waals surface area contributed by atoms with Crippen LogP contribution in [0.15, 0.2) is 22.1 Å². The Bertz CT molecular complexity index is 1110. The van der Waals surface area contributed by atoms with Crippen molar-refractivity contribution < 1.29 is 22.7 Å². The molecule has 1 fully saturated rings. The highest BCUT2D eigenvalue weighted by molar-refractivity contribution is 7.09. The molecule has 1 aliphatic rings. The number of amides is 1. The molecule has 2 N–H and O–H groups in total. The summed E-state index contributed by atoms with van der Waals surface area (Å²) in [6.07, 6.45) is -0.277. The number of thiazole rings is 1. The van der Waals surface area contributed by atoms with Crippen LogP contribution in [-0.2, 0) is 6.61 Å². The Hall–Kier alpha value is -2.52. The number of primary amides is 1. The van der Waals surface area contributed by atoms with Crippen LogP contribution in [0.3, 0.4) is 0 Å². The van der Waals surface area contributed by atoms with Crippen LogP contribution in [0.25, 0.3) is 11.0 Å². The van der Waals surface area contributed by atoms with Crippen LogP contribution in [0.5, 0.6) is 5.75 Å². The molecule has 3 aromatic rings. The highest BCUT2D eigenvalue weighted by Gasteiger charge is 2.46. The smallest absolute Gasteiger partial charge is 0.257 e. The molecule has 0 spiro atoms. The van der Waals surface area contributed by atoms with E-state index in [0.29, 0.717) is 29.0 Å². The molecule has 0 bridgehead atoms. The number of piperidine rings is 1. The number of aryl methyl sites for hydroxylation is 2. The van der Waals surface area contributed by atoms with E-state index in [0.717, 1.165) is 10.6 Å². The summed E-state index contributed by atoms with van der Waals surface area (Å²) >= 11 is 1.44. The summed E-state index contributed by atoms with van der Waals surface area (Å²) in [5.41, 5.74) is 8.90. The largest absolute Gasteiger partial charge is 0.488 e. The molecule has 0 aliphatic carbocycles. The van der Waals surface area contributed by atoms with Gasteiger partial charge in [0.05, 0.1) is 27.6 Å². The number of carbonyl (C=O) groups excluding carboxylic acids is 1. The summed E-state index contributed by atoms with van der Waals surface area (Å²) in [5, 5.41) is 0.318. The first-order chi connectivity index (χ1) is 14.2. The fourth-order valence-electron chi connectivity index (χ4n) is 4.05. The Morgan fingerprint density at radius 1 is 1.43 bits per heavy atom. The molecule has 1 aromatic carbocycles. The number of rotatable bonds is 5. The van der Waals surface area contributed by atoms with E-state index in [-0.39, 0.29) is 30.7 Å². The van der Waals surface area contributed by atoms with Crippen LogP contribution in [-0.4, -0.2) is 41.9 Å². The van der Waals surface area contributed by atoms with Crippen molar-refractivity contribution in [1.82, 2.24) is 9.88 Å². The number of aromatic nitrogens is 1. The van der Waals surface area contributed by atoms with Crippen molar-refractivity contribution in [3.63, 3.8) is 0 Å². The monoisotopic (exact) mass is 435 g/mol. The van der Waals surface area contributed by atoms with Crippen LogP contribution in [0.4, 0.5) is 8.78 Å². The molecule has 1 amide bonds. The van der Waals surface area contributed by atoms with Crippen molar-refractivity contribution in [1.29, 1.82) is 0 Å². The van der Waals surface area contributed by atoms with Crippen LogP contribution < -0.4 is 10.5 Å². The number of likely N-dealkylation sites (N-methyl/N-ethyl adjacent to an activating group) is 1. The number of hydrogen-bond acceptors (Lipinski definition) is 6. The summed E-state index contributed by atoms with van der Waals surface area (Å²) in [6.45, 7) is 4.10. The lowest BCUT2D eigenvalue weighted by atomic mass is 9.83. The lowest BCUT2D eigenvalue weighted by molar-refractivity contribution is -0.0714. The van der Waals surface area contributed by atoms with E-state index in [1.165, 1.54) is 11.3 Å². The minimum Gasteiger partial charge on any atom is -0.488 e. The van der Waals surface area contributed by atoms with E-state index in [2.05, 4.69) is 4.98 Å². The molecular formula is C21H23F2N3O3S. The Morgan fingerprint density at radius 3 is 2.87 bits per heavy atom. The van der Waals surface area contributed by atoms with Gasteiger partial charge < -0.3 is 19.8 Å². The van der Waals surface area contributed by atoms with Gasteiger partial charge in [-0.1, -0.05) is 0 Å². The van der Waals surface area contributed by atoms with E-state index >= 15 is 8.78 Å². The SMILES string of the molecule is Cc1ncsc1COc1ccc2oc(C)c(C(N)=O)c2c1C1CN(C)CCC1(F)F. The molecule has 1 atom stereocenters. The Kier molecular flexibility index (Phi) is 5.27. The van der Waals surface area contributed by atoms with Gasteiger partial charge in [-0.2, -0.15) is 0 Å². The highest BCUT2D eigenvalue weighted by Crippen LogP contribution is 2.47. The van der Waals surface area contributed by atoms with Crippen LogP contribution in [0, 0.1) is 13.8 Å². The van der Waals surface area contributed by atoms with Crippen LogP contribution >= 0.6 is 11.3 Å². The maximum atomic E-state index is 15.1. The molecule has 30 heavy (non-hydrogen) atoms. The number of carbonyl (C=O) groups is 1. The van der Waals surface area contributed by atoms with Crippen molar-refractivity contribution in [2.75, 3.05) is 20.1 Å². The third-order valence-corrected chi connectivity index (χ3v) is 6.57. The maximum Gasteiger partial charge on any atom is 0.257 e. The quantitative estimate of drug-likeness (QED) is 0.648. The second-order valence-corrected chi connectivity index (χ2v) is 8.66. The standard InChI is InChI=1S/C21H23F2N3O3S/c1-11-16(30-10-25-11)9-28-14-4-5-15-19(17(20(24)27)12(2)29-15)18(14)13-8-26(3)7-6-21(13,22)23/h4-5,10,13H,6-9H2,1-3H3,(H2,24,27). The summed E-state index contributed by atoms with van der Waals surface area (Å²) < 4.78 is 41.9. The Labute approximate surface area is 176 Å². The average molecular weight is 435 g/mol. The fraction of sp³-hybridized carbons (Fsp3) is 0.429. The van der Waals surface area contributed by atoms with Gasteiger partial charge in [0.2, 0.25) is 0 Å². The van der Waals surface area contributed by atoms with Crippen molar-refractivity contribution >= 4 is 28.2 Å². The van der Waals surface area contributed by atoms with Crippen molar-refractivity contribution in [2.45, 2.75) is 38.7 Å². The number of likely N-dealkylation sites (tertiary alicyclic amines) is 1.